The van der Waals surface area contributed by atoms with Gasteiger partial charge in [0.05, 0.1) is 4.92 Å². The van der Waals surface area contributed by atoms with E-state index in [4.69, 9.17) is 4.74 Å². The Morgan fingerprint density at radius 1 is 1.59 bits per heavy atom. The Morgan fingerprint density at radius 3 is 2.76 bits per heavy atom. The molecule has 17 heavy (non-hydrogen) atoms. The van der Waals surface area contributed by atoms with Crippen LogP contribution in [0.2, 0.25) is 0 Å². The van der Waals surface area contributed by atoms with E-state index < -0.39 is 16.8 Å². The highest BCUT2D eigenvalue weighted by molar-refractivity contribution is 5.76. The lowest BCUT2D eigenvalue weighted by atomic mass is 10.2. The standard InChI is InChI=1S/C11H12FNO4/c1-7(14)5-8(2)17-11-6-9(12)3-4-10(11)13(15)16/h3-4,6,8H,5H2,1-2H3. The second kappa shape index (κ2) is 5.38. The summed E-state index contributed by atoms with van der Waals surface area (Å²) in [7, 11) is 0. The van der Waals surface area contributed by atoms with Crippen LogP contribution in [-0.2, 0) is 4.79 Å². The van der Waals surface area contributed by atoms with Crippen molar-refractivity contribution in [2.75, 3.05) is 0 Å². The largest absolute Gasteiger partial charge is 0.483 e. The van der Waals surface area contributed by atoms with Gasteiger partial charge in [0.25, 0.3) is 0 Å². The van der Waals surface area contributed by atoms with Crippen LogP contribution < -0.4 is 4.74 Å². The number of rotatable bonds is 5. The molecule has 92 valence electrons. The van der Waals surface area contributed by atoms with E-state index in [1.807, 2.05) is 0 Å². The zero-order valence-electron chi connectivity index (χ0n) is 9.47. The molecule has 1 unspecified atom stereocenters. The highest BCUT2D eigenvalue weighted by Crippen LogP contribution is 2.28. The number of benzene rings is 1. The molecule has 0 heterocycles. The van der Waals surface area contributed by atoms with Gasteiger partial charge >= 0.3 is 5.69 Å². The van der Waals surface area contributed by atoms with Crippen LogP contribution in [0.15, 0.2) is 18.2 Å². The Balaban J connectivity index is 2.92. The predicted molar refractivity (Wildman–Crippen MR) is 58.4 cm³/mol. The van der Waals surface area contributed by atoms with E-state index in [9.17, 15) is 19.3 Å². The van der Waals surface area contributed by atoms with E-state index >= 15 is 0 Å². The Hall–Kier alpha value is -1.98. The van der Waals surface area contributed by atoms with Crippen molar-refractivity contribution in [2.24, 2.45) is 0 Å². The van der Waals surface area contributed by atoms with Crippen molar-refractivity contribution in [1.82, 2.24) is 0 Å². The number of Topliss-reactive ketones (excluding diaryl/α,β-unsaturated/α-hetero) is 1. The first-order valence-electron chi connectivity index (χ1n) is 5.00. The molecule has 1 atom stereocenters. The highest BCUT2D eigenvalue weighted by atomic mass is 19.1. The molecule has 0 bridgehead atoms. The Labute approximate surface area is 97.3 Å². The van der Waals surface area contributed by atoms with Crippen LogP contribution in [0, 0.1) is 15.9 Å². The van der Waals surface area contributed by atoms with Gasteiger partial charge in [-0.25, -0.2) is 4.39 Å². The molecule has 0 aliphatic heterocycles. The van der Waals surface area contributed by atoms with Crippen LogP contribution >= 0.6 is 0 Å². The zero-order chi connectivity index (χ0) is 13.0. The maximum absolute atomic E-state index is 13.0. The summed E-state index contributed by atoms with van der Waals surface area (Å²) >= 11 is 0. The highest BCUT2D eigenvalue weighted by Gasteiger charge is 2.18. The fraction of sp³-hybridized carbons (Fsp3) is 0.364. The van der Waals surface area contributed by atoms with E-state index in [0.717, 1.165) is 18.2 Å². The van der Waals surface area contributed by atoms with Crippen molar-refractivity contribution in [3.05, 3.63) is 34.1 Å². The van der Waals surface area contributed by atoms with E-state index in [-0.39, 0.29) is 23.6 Å². The van der Waals surface area contributed by atoms with Crippen LogP contribution in [0.25, 0.3) is 0 Å². The Kier molecular flexibility index (Phi) is 4.14. The van der Waals surface area contributed by atoms with Crippen molar-refractivity contribution >= 4 is 11.5 Å². The van der Waals surface area contributed by atoms with Crippen molar-refractivity contribution in [1.29, 1.82) is 0 Å². The second-order valence-corrected chi connectivity index (χ2v) is 3.70. The lowest BCUT2D eigenvalue weighted by Crippen LogP contribution is -2.16. The van der Waals surface area contributed by atoms with Crippen LogP contribution in [0.4, 0.5) is 10.1 Å². The molecule has 0 saturated heterocycles. The van der Waals surface area contributed by atoms with Crippen LogP contribution in [0.5, 0.6) is 5.75 Å². The second-order valence-electron chi connectivity index (χ2n) is 3.70. The third-order valence-corrected chi connectivity index (χ3v) is 2.02. The van der Waals surface area contributed by atoms with Crippen LogP contribution in [0.1, 0.15) is 20.3 Å². The number of nitro groups is 1. The fourth-order valence-electron chi connectivity index (χ4n) is 1.40. The third kappa shape index (κ3) is 3.82. The molecular weight excluding hydrogens is 229 g/mol. The van der Waals surface area contributed by atoms with Gasteiger partial charge in [-0.15, -0.1) is 0 Å². The van der Waals surface area contributed by atoms with Gasteiger partial charge in [-0.05, 0) is 19.9 Å². The number of nitrogens with zero attached hydrogens (tertiary/aromatic N) is 1. The van der Waals surface area contributed by atoms with E-state index in [2.05, 4.69) is 0 Å². The maximum atomic E-state index is 13.0. The molecule has 0 amide bonds. The summed E-state index contributed by atoms with van der Waals surface area (Å²) < 4.78 is 18.1. The van der Waals surface area contributed by atoms with Crippen LogP contribution in [-0.4, -0.2) is 16.8 Å². The average molecular weight is 241 g/mol. The summed E-state index contributed by atoms with van der Waals surface area (Å²) in [5, 5.41) is 10.7. The van der Waals surface area contributed by atoms with Gasteiger partial charge in [-0.2, -0.15) is 0 Å². The SMILES string of the molecule is CC(=O)CC(C)Oc1cc(F)ccc1[N+](=O)[O-]. The fourth-order valence-corrected chi connectivity index (χ4v) is 1.40. The number of ether oxygens (including phenoxy) is 1. The number of carbonyl (C=O) groups is 1. The lowest BCUT2D eigenvalue weighted by Gasteiger charge is -2.13. The summed E-state index contributed by atoms with van der Waals surface area (Å²) in [6, 6.07) is 2.96. The van der Waals surface area contributed by atoms with Gasteiger partial charge in [-0.1, -0.05) is 0 Å². The molecular formula is C11H12FNO4. The topological polar surface area (TPSA) is 69.4 Å². The first-order valence-corrected chi connectivity index (χ1v) is 5.00. The van der Waals surface area contributed by atoms with Crippen molar-refractivity contribution in [3.8, 4) is 5.75 Å². The molecule has 0 spiro atoms. The van der Waals surface area contributed by atoms with Gasteiger partial charge in [0, 0.05) is 18.6 Å². The average Bonchev–Trinajstić information content (AvgIpc) is 2.15. The van der Waals surface area contributed by atoms with Gasteiger partial charge in [0.15, 0.2) is 5.75 Å². The summed E-state index contributed by atoms with van der Waals surface area (Å²) in [6.07, 6.45) is -0.416. The molecule has 1 aromatic carbocycles. The van der Waals surface area contributed by atoms with Crippen LogP contribution in [0.3, 0.4) is 0 Å². The number of hydrogen-bond donors (Lipinski definition) is 0. The molecule has 0 fully saturated rings. The molecule has 0 aromatic heterocycles. The minimum atomic E-state index is -0.657. The summed E-state index contributed by atoms with van der Waals surface area (Å²) in [5.74, 6) is -0.888. The molecule has 0 aliphatic rings. The van der Waals surface area contributed by atoms with E-state index in [0.29, 0.717) is 0 Å². The molecule has 0 N–H and O–H groups in total. The zero-order valence-corrected chi connectivity index (χ0v) is 9.47. The molecule has 1 rings (SSSR count). The maximum Gasteiger partial charge on any atom is 0.311 e. The van der Waals surface area contributed by atoms with Gasteiger partial charge in [-0.3, -0.25) is 14.9 Å². The first kappa shape index (κ1) is 13.1. The number of ketones is 1. The van der Waals surface area contributed by atoms with Gasteiger partial charge < -0.3 is 4.74 Å². The smallest absolute Gasteiger partial charge is 0.311 e. The van der Waals surface area contributed by atoms with E-state index in [1.165, 1.54) is 6.92 Å². The van der Waals surface area contributed by atoms with Gasteiger partial charge in [0.2, 0.25) is 0 Å². The molecule has 0 aliphatic carbocycles. The molecule has 0 radical (unpaired) electrons. The summed E-state index contributed by atoms with van der Waals surface area (Å²) in [4.78, 5) is 20.9. The third-order valence-electron chi connectivity index (χ3n) is 2.02. The normalized spacial score (nSPS) is 11.9. The molecule has 1 aromatic rings. The Morgan fingerprint density at radius 2 is 2.24 bits per heavy atom. The minimum absolute atomic E-state index is 0.100. The molecule has 0 saturated carbocycles. The first-order chi connectivity index (χ1) is 7.90. The molecule has 6 heteroatoms. The summed E-state index contributed by atoms with van der Waals surface area (Å²) in [5.41, 5.74) is -0.318. The van der Waals surface area contributed by atoms with E-state index in [1.54, 1.807) is 6.92 Å². The van der Waals surface area contributed by atoms with Crippen molar-refractivity contribution < 1.29 is 18.8 Å². The van der Waals surface area contributed by atoms with Crippen molar-refractivity contribution in [2.45, 2.75) is 26.4 Å². The quantitative estimate of drug-likeness (QED) is 0.586. The molecule has 5 nitrogen and oxygen atoms in total. The lowest BCUT2D eigenvalue weighted by molar-refractivity contribution is -0.386. The summed E-state index contributed by atoms with van der Waals surface area (Å²) in [6.45, 7) is 2.98. The number of hydrogen-bond acceptors (Lipinski definition) is 4. The van der Waals surface area contributed by atoms with Crippen molar-refractivity contribution in [3.63, 3.8) is 0 Å². The number of carbonyl (C=O) groups excluding carboxylic acids is 1. The predicted octanol–water partition coefficient (Wildman–Crippen LogP) is 2.48. The monoisotopic (exact) mass is 241 g/mol. The number of nitro benzene ring substituents is 1. The minimum Gasteiger partial charge on any atom is -0.483 e. The Bertz CT molecular complexity index is 447. The van der Waals surface area contributed by atoms with Gasteiger partial charge in [0.1, 0.15) is 17.7 Å². The number of halogens is 1.